The lowest BCUT2D eigenvalue weighted by molar-refractivity contribution is -0.121. The third kappa shape index (κ3) is 3.20. The fourth-order valence-corrected chi connectivity index (χ4v) is 3.60. The van der Waals surface area contributed by atoms with Gasteiger partial charge in [0.1, 0.15) is 11.0 Å². The molecule has 0 spiro atoms. The molecule has 7 heteroatoms. The van der Waals surface area contributed by atoms with Gasteiger partial charge in [-0.2, -0.15) is 0 Å². The third-order valence-electron chi connectivity index (χ3n) is 3.31. The molecular formula is C10H15F5OS. The van der Waals surface area contributed by atoms with Gasteiger partial charge in [-0.15, -0.1) is 0 Å². The Labute approximate surface area is 96.8 Å². The molecular weight excluding hydrogens is 263 g/mol. The number of halogens is 5. The number of hydrogen-bond donors (Lipinski definition) is 0. The van der Waals surface area contributed by atoms with Crippen LogP contribution in [0.4, 0.5) is 19.4 Å². The average Bonchev–Trinajstić information content (AvgIpc) is 2.04. The molecule has 1 rings (SSSR count). The van der Waals surface area contributed by atoms with Gasteiger partial charge in [0.15, 0.2) is 0 Å². The Morgan fingerprint density at radius 2 is 1.47 bits per heavy atom. The Hall–Kier alpha value is -0.590. The molecule has 0 fully saturated rings. The van der Waals surface area contributed by atoms with Crippen molar-refractivity contribution in [1.29, 1.82) is 0 Å². The Morgan fingerprint density at radius 1 is 1.06 bits per heavy atom. The smallest absolute Gasteiger partial charge is 0.289 e. The van der Waals surface area contributed by atoms with E-state index in [0.717, 1.165) is 6.92 Å². The van der Waals surface area contributed by atoms with Crippen molar-refractivity contribution in [2.75, 3.05) is 0 Å². The summed E-state index contributed by atoms with van der Waals surface area (Å²) in [5.74, 6) is -2.47. The fraction of sp³-hybridized carbons (Fsp3) is 0.700. The van der Waals surface area contributed by atoms with Gasteiger partial charge in [0.05, 0.1) is 0 Å². The van der Waals surface area contributed by atoms with Crippen molar-refractivity contribution in [1.82, 2.24) is 0 Å². The van der Waals surface area contributed by atoms with E-state index >= 15 is 0 Å². The van der Waals surface area contributed by atoms with E-state index in [9.17, 15) is 24.2 Å². The molecule has 0 saturated heterocycles. The van der Waals surface area contributed by atoms with Crippen LogP contribution in [0.15, 0.2) is 11.1 Å². The zero-order valence-electron chi connectivity index (χ0n) is 9.78. The second-order valence-electron chi connectivity index (χ2n) is 4.75. The SMILES string of the molecule is CC(=O)C1CC(C)=C(C)CC1S(F)(F)(F)(F)F. The average molecular weight is 278 g/mol. The highest BCUT2D eigenvalue weighted by atomic mass is 32.5. The quantitative estimate of drug-likeness (QED) is 0.513. The maximum Gasteiger partial charge on any atom is 0.289 e. The molecule has 0 N–H and O–H groups in total. The summed E-state index contributed by atoms with van der Waals surface area (Å²) in [6.07, 6.45) is -0.994. The van der Waals surface area contributed by atoms with E-state index in [1.54, 1.807) is 6.92 Å². The molecule has 17 heavy (non-hydrogen) atoms. The van der Waals surface area contributed by atoms with Crippen molar-refractivity contribution in [3.05, 3.63) is 11.1 Å². The van der Waals surface area contributed by atoms with Gasteiger partial charge in [-0.3, -0.25) is 4.79 Å². The van der Waals surface area contributed by atoms with Gasteiger partial charge in [0, 0.05) is 5.92 Å². The first-order valence-corrected chi connectivity index (χ1v) is 7.12. The second kappa shape index (κ2) is 3.24. The van der Waals surface area contributed by atoms with E-state index in [1.165, 1.54) is 6.92 Å². The van der Waals surface area contributed by atoms with Crippen LogP contribution in [-0.4, -0.2) is 11.0 Å². The summed E-state index contributed by atoms with van der Waals surface area (Å²) in [6, 6.07) is 0. The van der Waals surface area contributed by atoms with Gasteiger partial charge in [-0.05, 0) is 33.6 Å². The molecule has 1 aliphatic rings. The molecule has 0 bridgehead atoms. The van der Waals surface area contributed by atoms with Gasteiger partial charge in [0.25, 0.3) is 10.2 Å². The highest BCUT2D eigenvalue weighted by Gasteiger charge is 2.72. The maximum absolute atomic E-state index is 12.8. The molecule has 0 saturated carbocycles. The van der Waals surface area contributed by atoms with Crippen LogP contribution in [0.5, 0.6) is 0 Å². The molecule has 0 amide bonds. The second-order valence-corrected chi connectivity index (χ2v) is 7.42. The van der Waals surface area contributed by atoms with Crippen LogP contribution in [0, 0.1) is 5.92 Å². The minimum Gasteiger partial charge on any atom is -0.300 e. The molecule has 102 valence electrons. The molecule has 1 aliphatic carbocycles. The standard InChI is InChI=1S/C10H15F5OS/c1-6-4-9(8(3)16)10(5-7(6)2)17(11,12,13,14)15/h9-10H,4-5H2,1-3H3. The summed E-state index contributed by atoms with van der Waals surface area (Å²) in [5, 5.41) is -2.81. The topological polar surface area (TPSA) is 17.1 Å². The number of carbonyl (C=O) groups is 1. The fourth-order valence-electron chi connectivity index (χ4n) is 2.13. The largest absolute Gasteiger partial charge is 0.300 e. The van der Waals surface area contributed by atoms with Crippen molar-refractivity contribution in [2.45, 2.75) is 38.9 Å². The Bertz CT molecular complexity index is 394. The van der Waals surface area contributed by atoms with E-state index < -0.39 is 33.6 Å². The van der Waals surface area contributed by atoms with Crippen LogP contribution in [0.1, 0.15) is 33.6 Å². The van der Waals surface area contributed by atoms with Gasteiger partial charge in [-0.1, -0.05) is 30.6 Å². The highest BCUT2D eigenvalue weighted by Crippen LogP contribution is 3.01. The summed E-state index contributed by atoms with van der Waals surface area (Å²) < 4.78 is 64.2. The van der Waals surface area contributed by atoms with E-state index in [1.807, 2.05) is 0 Å². The molecule has 0 aromatic heterocycles. The first kappa shape index (κ1) is 14.5. The van der Waals surface area contributed by atoms with Crippen molar-refractivity contribution in [3.8, 4) is 0 Å². The van der Waals surface area contributed by atoms with Crippen molar-refractivity contribution in [2.24, 2.45) is 5.92 Å². The summed E-state index contributed by atoms with van der Waals surface area (Å²) in [4.78, 5) is 11.2. The Morgan fingerprint density at radius 3 is 1.82 bits per heavy atom. The number of ketones is 1. The van der Waals surface area contributed by atoms with E-state index in [-0.39, 0.29) is 6.42 Å². The third-order valence-corrected chi connectivity index (χ3v) is 4.94. The number of hydrogen-bond acceptors (Lipinski definition) is 1. The number of Topliss-reactive ketones (excluding diaryl/α,β-unsaturated/α-hetero) is 1. The monoisotopic (exact) mass is 278 g/mol. The molecule has 1 nitrogen and oxygen atoms in total. The highest BCUT2D eigenvalue weighted by molar-refractivity contribution is 8.46. The number of rotatable bonds is 2. The zero-order chi connectivity index (χ0) is 13.7. The number of carbonyl (C=O) groups excluding carboxylic acids is 1. The van der Waals surface area contributed by atoms with Crippen molar-refractivity contribution < 1.29 is 24.2 Å². The molecule has 0 aromatic rings. The lowest BCUT2D eigenvalue weighted by Crippen LogP contribution is -2.39. The molecule has 0 aliphatic heterocycles. The zero-order valence-corrected chi connectivity index (χ0v) is 10.6. The summed E-state index contributed by atoms with van der Waals surface area (Å²) in [5.41, 5.74) is 0.907. The predicted molar refractivity (Wildman–Crippen MR) is 58.7 cm³/mol. The van der Waals surface area contributed by atoms with Crippen molar-refractivity contribution >= 4 is 16.0 Å². The summed E-state index contributed by atoms with van der Waals surface area (Å²) >= 11 is 0. The van der Waals surface area contributed by atoms with Crippen molar-refractivity contribution in [3.63, 3.8) is 0 Å². The van der Waals surface area contributed by atoms with Crippen LogP contribution in [0.3, 0.4) is 0 Å². The molecule has 0 heterocycles. The lowest BCUT2D eigenvalue weighted by atomic mass is 9.83. The van der Waals surface area contributed by atoms with Crippen LogP contribution < -0.4 is 0 Å². The minimum absolute atomic E-state index is 0.225. The molecule has 2 atom stereocenters. The first-order valence-electron chi connectivity index (χ1n) is 5.11. The van der Waals surface area contributed by atoms with E-state index in [4.69, 9.17) is 0 Å². The molecule has 0 radical (unpaired) electrons. The number of allylic oxidation sites excluding steroid dienone is 2. The lowest BCUT2D eigenvalue weighted by Gasteiger charge is -2.51. The Balaban J connectivity index is 3.29. The van der Waals surface area contributed by atoms with Crippen LogP contribution in [0.2, 0.25) is 0 Å². The van der Waals surface area contributed by atoms with Gasteiger partial charge < -0.3 is 0 Å². The minimum atomic E-state index is -9.62. The molecule has 0 aromatic carbocycles. The maximum atomic E-state index is 12.8. The summed E-state index contributed by atoms with van der Waals surface area (Å²) in [6.45, 7) is 3.92. The molecule has 2 unspecified atom stereocenters. The van der Waals surface area contributed by atoms with Gasteiger partial charge in [0.2, 0.25) is 0 Å². The predicted octanol–water partition coefficient (Wildman–Crippen LogP) is 4.99. The normalized spacial score (nSPS) is 30.8. The van der Waals surface area contributed by atoms with Crippen LogP contribution >= 0.6 is 10.2 Å². The summed E-state index contributed by atoms with van der Waals surface area (Å²) in [7, 11) is -9.62. The van der Waals surface area contributed by atoms with Gasteiger partial charge >= 0.3 is 0 Å². The Kier molecular flexibility index (Phi) is 2.76. The van der Waals surface area contributed by atoms with E-state index in [0.29, 0.717) is 11.1 Å². The van der Waals surface area contributed by atoms with E-state index in [2.05, 4.69) is 0 Å². The first-order chi connectivity index (χ1) is 7.22. The van der Waals surface area contributed by atoms with Crippen LogP contribution in [-0.2, 0) is 4.79 Å². The van der Waals surface area contributed by atoms with Gasteiger partial charge in [-0.25, -0.2) is 0 Å². The van der Waals surface area contributed by atoms with Crippen LogP contribution in [0.25, 0.3) is 0 Å².